The molecule has 0 bridgehead atoms. The average molecular weight is 360 g/mol. The Balaban J connectivity index is 1.47. The summed E-state index contributed by atoms with van der Waals surface area (Å²) in [6.45, 7) is 2.55. The van der Waals surface area contributed by atoms with Crippen molar-refractivity contribution in [2.45, 2.75) is 45.6 Å². The van der Waals surface area contributed by atoms with Gasteiger partial charge >= 0.3 is 0 Å². The van der Waals surface area contributed by atoms with Crippen molar-refractivity contribution in [2.24, 2.45) is 5.10 Å². The Morgan fingerprint density at radius 3 is 2.89 bits per heavy atom. The van der Waals surface area contributed by atoms with Crippen LogP contribution in [0.5, 0.6) is 0 Å². The highest BCUT2D eigenvalue weighted by molar-refractivity contribution is 5.98. The third-order valence-corrected chi connectivity index (χ3v) is 5.27. The summed E-state index contributed by atoms with van der Waals surface area (Å²) in [7, 11) is 0. The van der Waals surface area contributed by atoms with E-state index in [1.807, 2.05) is 19.1 Å². The van der Waals surface area contributed by atoms with E-state index in [0.717, 1.165) is 24.1 Å². The normalized spacial score (nSPS) is 14.2. The van der Waals surface area contributed by atoms with Gasteiger partial charge in [-0.2, -0.15) is 5.10 Å². The van der Waals surface area contributed by atoms with Crippen LogP contribution in [-0.2, 0) is 24.2 Å². The molecule has 2 heterocycles. The van der Waals surface area contributed by atoms with Crippen molar-refractivity contribution in [1.29, 1.82) is 0 Å². The first-order chi connectivity index (χ1) is 13.2. The summed E-state index contributed by atoms with van der Waals surface area (Å²) in [5.74, 6) is -0.0689. The number of aromatic nitrogens is 2. The highest BCUT2D eigenvalue weighted by Crippen LogP contribution is 2.32. The van der Waals surface area contributed by atoms with Crippen LogP contribution in [0.15, 0.2) is 53.9 Å². The fourth-order valence-electron chi connectivity index (χ4n) is 3.90. The lowest BCUT2D eigenvalue weighted by Crippen LogP contribution is -2.21. The fraction of sp³-hybridized carbons (Fsp3) is 0.318. The van der Waals surface area contributed by atoms with E-state index in [4.69, 9.17) is 0 Å². The highest BCUT2D eigenvalue weighted by Gasteiger charge is 2.19. The number of hydrogen-bond acceptors (Lipinski definition) is 3. The number of para-hydroxylation sites is 1. The molecular weight excluding hydrogens is 336 g/mol. The Bertz CT molecular complexity index is 988. The molecule has 2 aromatic heterocycles. The summed E-state index contributed by atoms with van der Waals surface area (Å²) in [6, 6.07) is 12.3. The Hall–Kier alpha value is -2.95. The van der Waals surface area contributed by atoms with Crippen LogP contribution in [0, 0.1) is 0 Å². The monoisotopic (exact) mass is 360 g/mol. The van der Waals surface area contributed by atoms with Crippen molar-refractivity contribution in [3.8, 4) is 0 Å². The van der Waals surface area contributed by atoms with Gasteiger partial charge in [-0.3, -0.25) is 9.78 Å². The molecule has 4 rings (SSSR count). The van der Waals surface area contributed by atoms with Gasteiger partial charge in [0.15, 0.2) is 0 Å². The number of aryl methyl sites for hydroxylation is 2. The first-order valence-corrected chi connectivity index (χ1v) is 9.56. The molecule has 0 spiro atoms. The molecule has 0 aliphatic heterocycles. The number of fused-ring (bicyclic) bond motifs is 3. The zero-order valence-electron chi connectivity index (χ0n) is 15.6. The lowest BCUT2D eigenvalue weighted by atomic mass is 9.95. The molecule has 0 fully saturated rings. The zero-order chi connectivity index (χ0) is 18.6. The molecule has 0 atom stereocenters. The van der Waals surface area contributed by atoms with Crippen LogP contribution >= 0.6 is 0 Å². The van der Waals surface area contributed by atoms with E-state index in [1.54, 1.807) is 12.4 Å². The van der Waals surface area contributed by atoms with Gasteiger partial charge in [0.05, 0.1) is 5.71 Å². The van der Waals surface area contributed by atoms with Crippen molar-refractivity contribution in [3.05, 3.63) is 65.6 Å². The van der Waals surface area contributed by atoms with E-state index >= 15 is 0 Å². The summed E-state index contributed by atoms with van der Waals surface area (Å²) >= 11 is 0. The van der Waals surface area contributed by atoms with E-state index in [9.17, 15) is 4.79 Å². The Morgan fingerprint density at radius 1 is 1.19 bits per heavy atom. The number of amides is 1. The largest absolute Gasteiger partial charge is 0.344 e. The first-order valence-electron chi connectivity index (χ1n) is 9.56. The molecule has 1 N–H and O–H groups in total. The van der Waals surface area contributed by atoms with Gasteiger partial charge in [-0.15, -0.1) is 0 Å². The molecule has 5 heteroatoms. The van der Waals surface area contributed by atoms with Crippen molar-refractivity contribution < 1.29 is 4.79 Å². The van der Waals surface area contributed by atoms with Gasteiger partial charge in [-0.25, -0.2) is 5.43 Å². The molecule has 138 valence electrons. The van der Waals surface area contributed by atoms with Crippen molar-refractivity contribution in [2.75, 3.05) is 0 Å². The first kappa shape index (κ1) is 17.5. The molecule has 0 saturated heterocycles. The third kappa shape index (κ3) is 3.63. The fourth-order valence-corrected chi connectivity index (χ4v) is 3.90. The molecule has 5 nitrogen and oxygen atoms in total. The van der Waals surface area contributed by atoms with Crippen LogP contribution in [0.2, 0.25) is 0 Å². The van der Waals surface area contributed by atoms with Crippen LogP contribution in [0.4, 0.5) is 0 Å². The van der Waals surface area contributed by atoms with Gasteiger partial charge in [0.2, 0.25) is 5.91 Å². The van der Waals surface area contributed by atoms with E-state index in [2.05, 4.69) is 44.3 Å². The summed E-state index contributed by atoms with van der Waals surface area (Å²) < 4.78 is 2.33. The maximum absolute atomic E-state index is 12.3. The number of nitrogens with zero attached hydrogens (tertiary/aromatic N) is 3. The van der Waals surface area contributed by atoms with Crippen molar-refractivity contribution in [1.82, 2.24) is 15.0 Å². The standard InChI is InChI=1S/C22H24N4O/c1-16(17-7-6-13-23-15-17)24-25-22(27)12-14-26-20-10-4-2-8-18(20)19-9-3-5-11-21(19)26/h2,4,6-8,10,13,15H,3,5,9,11-12,14H2,1H3,(H,25,27)/b24-16-. The second-order valence-electron chi connectivity index (χ2n) is 7.03. The SMILES string of the molecule is C/C(=N/NC(=O)CCn1c2c(c3ccccc31)CCCC2)c1cccnc1. The van der Waals surface area contributed by atoms with Gasteiger partial charge in [-0.05, 0) is 50.3 Å². The van der Waals surface area contributed by atoms with Gasteiger partial charge < -0.3 is 4.57 Å². The maximum atomic E-state index is 12.3. The lowest BCUT2D eigenvalue weighted by molar-refractivity contribution is -0.121. The summed E-state index contributed by atoms with van der Waals surface area (Å²) in [5.41, 5.74) is 8.46. The van der Waals surface area contributed by atoms with E-state index < -0.39 is 0 Å². The third-order valence-electron chi connectivity index (χ3n) is 5.27. The van der Waals surface area contributed by atoms with Crippen LogP contribution in [0.3, 0.4) is 0 Å². The quantitative estimate of drug-likeness (QED) is 0.555. The van der Waals surface area contributed by atoms with Gasteiger partial charge in [0, 0.05) is 47.5 Å². The van der Waals surface area contributed by atoms with E-state index in [1.165, 1.54) is 35.0 Å². The van der Waals surface area contributed by atoms with Crippen molar-refractivity contribution in [3.63, 3.8) is 0 Å². The van der Waals surface area contributed by atoms with E-state index in [0.29, 0.717) is 13.0 Å². The number of pyridine rings is 1. The molecule has 0 unspecified atom stereocenters. The number of rotatable bonds is 5. The van der Waals surface area contributed by atoms with Crippen LogP contribution in [0.25, 0.3) is 10.9 Å². The Morgan fingerprint density at radius 2 is 2.04 bits per heavy atom. The zero-order valence-corrected chi connectivity index (χ0v) is 15.6. The molecule has 0 saturated carbocycles. The minimum atomic E-state index is -0.0689. The lowest BCUT2D eigenvalue weighted by Gasteiger charge is -2.15. The molecule has 0 radical (unpaired) electrons. The molecule has 1 aliphatic rings. The highest BCUT2D eigenvalue weighted by atomic mass is 16.2. The molecule has 3 aromatic rings. The number of benzene rings is 1. The second-order valence-corrected chi connectivity index (χ2v) is 7.03. The summed E-state index contributed by atoms with van der Waals surface area (Å²) in [6.07, 6.45) is 8.59. The Kier molecular flexibility index (Phi) is 5.01. The topological polar surface area (TPSA) is 59.3 Å². The van der Waals surface area contributed by atoms with Gasteiger partial charge in [-0.1, -0.05) is 24.3 Å². The summed E-state index contributed by atoms with van der Waals surface area (Å²) in [4.78, 5) is 16.4. The predicted molar refractivity (Wildman–Crippen MR) is 108 cm³/mol. The summed E-state index contributed by atoms with van der Waals surface area (Å²) in [5, 5.41) is 5.56. The number of hydrazone groups is 1. The second kappa shape index (κ2) is 7.74. The number of carbonyl (C=O) groups excluding carboxylic acids is 1. The molecule has 1 aromatic carbocycles. The average Bonchev–Trinajstić information content (AvgIpc) is 3.05. The maximum Gasteiger partial charge on any atom is 0.241 e. The minimum Gasteiger partial charge on any atom is -0.344 e. The molecule has 27 heavy (non-hydrogen) atoms. The van der Waals surface area contributed by atoms with Crippen molar-refractivity contribution >= 4 is 22.5 Å². The Labute approximate surface area is 159 Å². The number of carbonyl (C=O) groups is 1. The van der Waals surface area contributed by atoms with E-state index in [-0.39, 0.29) is 5.91 Å². The smallest absolute Gasteiger partial charge is 0.241 e. The predicted octanol–water partition coefficient (Wildman–Crippen LogP) is 3.85. The minimum absolute atomic E-state index is 0.0689. The number of hydrogen-bond donors (Lipinski definition) is 1. The van der Waals surface area contributed by atoms with Gasteiger partial charge in [0.25, 0.3) is 0 Å². The van der Waals surface area contributed by atoms with Crippen LogP contribution < -0.4 is 5.43 Å². The van der Waals surface area contributed by atoms with Crippen LogP contribution in [-0.4, -0.2) is 21.2 Å². The molecule has 1 amide bonds. The molecule has 1 aliphatic carbocycles. The molecular formula is C22H24N4O. The van der Waals surface area contributed by atoms with Crippen LogP contribution in [0.1, 0.15) is 43.0 Å². The van der Waals surface area contributed by atoms with Gasteiger partial charge in [0.1, 0.15) is 0 Å². The number of nitrogens with one attached hydrogen (secondary N) is 1.